The lowest BCUT2D eigenvalue weighted by Crippen LogP contribution is -2.13. The molecular formula is C23H15BrFN3O4. The fourth-order valence-corrected chi connectivity index (χ4v) is 3.10. The summed E-state index contributed by atoms with van der Waals surface area (Å²) in [5.74, 6) is -0.397. The first-order chi connectivity index (χ1) is 15.4. The molecule has 160 valence electrons. The van der Waals surface area contributed by atoms with Crippen LogP contribution in [0.4, 0.5) is 15.8 Å². The number of nitrogens with zero attached hydrogens (tertiary/aromatic N) is 2. The van der Waals surface area contributed by atoms with Crippen LogP contribution in [0.25, 0.3) is 6.08 Å². The van der Waals surface area contributed by atoms with E-state index in [0.29, 0.717) is 21.5 Å². The van der Waals surface area contributed by atoms with Gasteiger partial charge in [0.25, 0.3) is 11.6 Å². The van der Waals surface area contributed by atoms with Gasteiger partial charge in [-0.2, -0.15) is 5.26 Å². The van der Waals surface area contributed by atoms with E-state index >= 15 is 0 Å². The fraction of sp³-hybridized carbons (Fsp3) is 0.0435. The number of benzene rings is 3. The Morgan fingerprint density at radius 3 is 2.44 bits per heavy atom. The Morgan fingerprint density at radius 1 is 1.16 bits per heavy atom. The number of nitrogens with one attached hydrogen (secondary N) is 1. The number of halogens is 2. The van der Waals surface area contributed by atoms with Gasteiger partial charge in [-0.05, 0) is 63.5 Å². The summed E-state index contributed by atoms with van der Waals surface area (Å²) in [6.45, 7) is 0.269. The summed E-state index contributed by atoms with van der Waals surface area (Å²) in [4.78, 5) is 22.7. The van der Waals surface area contributed by atoms with Crippen LogP contribution in [0.1, 0.15) is 11.1 Å². The molecule has 3 aromatic rings. The van der Waals surface area contributed by atoms with Gasteiger partial charge in [0, 0.05) is 16.6 Å². The van der Waals surface area contributed by atoms with Crippen molar-refractivity contribution < 1.29 is 18.8 Å². The van der Waals surface area contributed by atoms with Gasteiger partial charge in [0.2, 0.25) is 0 Å². The predicted octanol–water partition coefficient (Wildman–Crippen LogP) is 5.62. The van der Waals surface area contributed by atoms with Crippen molar-refractivity contribution in [2.24, 2.45) is 0 Å². The van der Waals surface area contributed by atoms with Crippen molar-refractivity contribution in [2.45, 2.75) is 6.61 Å². The van der Waals surface area contributed by atoms with Gasteiger partial charge in [0.15, 0.2) is 0 Å². The van der Waals surface area contributed by atoms with E-state index in [1.807, 2.05) is 6.07 Å². The molecule has 0 fully saturated rings. The SMILES string of the molecule is N#CC(=Cc1ccc(OCc2ccc(F)cc2)cc1)C(=O)Nc1ccc([N+](=O)[O-])cc1Br. The first kappa shape index (κ1) is 22.7. The number of ether oxygens (including phenoxy) is 1. The van der Waals surface area contributed by atoms with E-state index in [9.17, 15) is 24.6 Å². The smallest absolute Gasteiger partial charge is 0.270 e. The molecule has 0 aliphatic rings. The standard InChI is InChI=1S/C23H15BrFN3O4/c24-21-12-19(28(30)31)7-10-22(21)27-23(29)17(13-26)11-15-3-8-20(9-4-15)32-14-16-1-5-18(25)6-2-16/h1-12H,14H2,(H,27,29). The molecule has 0 spiro atoms. The van der Waals surface area contributed by atoms with Crippen molar-refractivity contribution >= 4 is 39.3 Å². The quantitative estimate of drug-likeness (QED) is 0.198. The second-order valence-electron chi connectivity index (χ2n) is 6.53. The normalized spacial score (nSPS) is 10.8. The van der Waals surface area contributed by atoms with E-state index in [2.05, 4.69) is 21.2 Å². The van der Waals surface area contributed by atoms with Crippen LogP contribution < -0.4 is 10.1 Å². The molecule has 7 nitrogen and oxygen atoms in total. The van der Waals surface area contributed by atoms with Gasteiger partial charge >= 0.3 is 0 Å². The molecule has 3 aromatic carbocycles. The lowest BCUT2D eigenvalue weighted by atomic mass is 10.1. The van der Waals surface area contributed by atoms with Crippen LogP contribution in [0.3, 0.4) is 0 Å². The lowest BCUT2D eigenvalue weighted by Gasteiger charge is -2.08. The van der Waals surface area contributed by atoms with Gasteiger partial charge in [-0.3, -0.25) is 14.9 Å². The second-order valence-corrected chi connectivity index (χ2v) is 7.38. The maximum absolute atomic E-state index is 12.9. The van der Waals surface area contributed by atoms with Crippen molar-refractivity contribution in [2.75, 3.05) is 5.32 Å². The third-order valence-electron chi connectivity index (χ3n) is 4.29. The van der Waals surface area contributed by atoms with E-state index in [4.69, 9.17) is 4.74 Å². The molecule has 0 unspecified atom stereocenters. The number of hydrogen-bond acceptors (Lipinski definition) is 5. The number of carbonyl (C=O) groups is 1. The van der Waals surface area contributed by atoms with E-state index in [1.165, 1.54) is 36.4 Å². The summed E-state index contributed by atoms with van der Waals surface area (Å²) >= 11 is 3.17. The lowest BCUT2D eigenvalue weighted by molar-refractivity contribution is -0.384. The van der Waals surface area contributed by atoms with Crippen molar-refractivity contribution in [3.63, 3.8) is 0 Å². The Bertz CT molecular complexity index is 1220. The van der Waals surface area contributed by atoms with Gasteiger partial charge < -0.3 is 10.1 Å². The summed E-state index contributed by atoms with van der Waals surface area (Å²) in [7, 11) is 0. The number of nitro benzene ring substituents is 1. The molecule has 0 saturated carbocycles. The Hall–Kier alpha value is -4.03. The first-order valence-corrected chi connectivity index (χ1v) is 9.99. The van der Waals surface area contributed by atoms with Crippen molar-refractivity contribution in [3.05, 3.63) is 104 Å². The summed E-state index contributed by atoms with van der Waals surface area (Å²) in [6, 6.07) is 18.5. The molecule has 32 heavy (non-hydrogen) atoms. The third-order valence-corrected chi connectivity index (χ3v) is 4.94. The van der Waals surface area contributed by atoms with Gasteiger partial charge in [-0.1, -0.05) is 24.3 Å². The van der Waals surface area contributed by atoms with E-state index in [0.717, 1.165) is 5.56 Å². The first-order valence-electron chi connectivity index (χ1n) is 9.20. The van der Waals surface area contributed by atoms with Crippen LogP contribution in [0.2, 0.25) is 0 Å². The highest BCUT2D eigenvalue weighted by Crippen LogP contribution is 2.27. The maximum Gasteiger partial charge on any atom is 0.270 e. The Morgan fingerprint density at radius 2 is 1.84 bits per heavy atom. The Kier molecular flexibility index (Phi) is 7.31. The molecule has 1 N–H and O–H groups in total. The molecule has 0 aliphatic heterocycles. The molecular weight excluding hydrogens is 481 g/mol. The number of non-ortho nitro benzene ring substituents is 1. The minimum Gasteiger partial charge on any atom is -0.489 e. The van der Waals surface area contributed by atoms with E-state index < -0.39 is 10.8 Å². The average Bonchev–Trinajstić information content (AvgIpc) is 2.79. The molecule has 0 radical (unpaired) electrons. The molecule has 0 heterocycles. The zero-order chi connectivity index (χ0) is 23.1. The van der Waals surface area contributed by atoms with Crippen LogP contribution in [-0.4, -0.2) is 10.8 Å². The van der Waals surface area contributed by atoms with Gasteiger partial charge in [0.1, 0.15) is 29.8 Å². The van der Waals surface area contributed by atoms with Crippen LogP contribution in [0.15, 0.2) is 76.8 Å². The molecule has 0 aromatic heterocycles. The number of hydrogen-bond donors (Lipinski definition) is 1. The summed E-state index contributed by atoms with van der Waals surface area (Å²) < 4.78 is 18.9. The van der Waals surface area contributed by atoms with Crippen molar-refractivity contribution in [3.8, 4) is 11.8 Å². The predicted molar refractivity (Wildman–Crippen MR) is 120 cm³/mol. The minimum atomic E-state index is -0.654. The van der Waals surface area contributed by atoms with E-state index in [-0.39, 0.29) is 23.7 Å². The molecule has 1 amide bonds. The Balaban J connectivity index is 1.66. The average molecular weight is 496 g/mol. The molecule has 0 bridgehead atoms. The number of nitriles is 1. The second kappa shape index (κ2) is 10.3. The zero-order valence-corrected chi connectivity index (χ0v) is 18.0. The summed E-state index contributed by atoms with van der Waals surface area (Å²) in [5.41, 5.74) is 1.44. The molecule has 0 aliphatic carbocycles. The Labute approximate surface area is 191 Å². The van der Waals surface area contributed by atoms with Crippen LogP contribution in [-0.2, 0) is 11.4 Å². The molecule has 3 rings (SSSR count). The van der Waals surface area contributed by atoms with Gasteiger partial charge in [-0.25, -0.2) is 4.39 Å². The molecule has 9 heteroatoms. The van der Waals surface area contributed by atoms with E-state index in [1.54, 1.807) is 36.4 Å². The van der Waals surface area contributed by atoms with Crippen molar-refractivity contribution in [1.29, 1.82) is 5.26 Å². The minimum absolute atomic E-state index is 0.132. The van der Waals surface area contributed by atoms with Crippen molar-refractivity contribution in [1.82, 2.24) is 0 Å². The van der Waals surface area contributed by atoms with Crippen LogP contribution >= 0.6 is 15.9 Å². The highest BCUT2D eigenvalue weighted by atomic mass is 79.9. The maximum atomic E-state index is 12.9. The number of nitro groups is 1. The fourth-order valence-electron chi connectivity index (χ4n) is 2.63. The van der Waals surface area contributed by atoms with Gasteiger partial charge in [0.05, 0.1) is 10.6 Å². The molecule has 0 saturated heterocycles. The summed E-state index contributed by atoms with van der Waals surface area (Å²) in [6.07, 6.45) is 1.42. The largest absolute Gasteiger partial charge is 0.489 e. The number of rotatable bonds is 7. The molecule has 0 atom stereocenters. The monoisotopic (exact) mass is 495 g/mol. The van der Waals surface area contributed by atoms with Gasteiger partial charge in [-0.15, -0.1) is 0 Å². The topological polar surface area (TPSA) is 105 Å². The third kappa shape index (κ3) is 6.00. The van der Waals surface area contributed by atoms with Crippen LogP contribution in [0, 0.1) is 27.3 Å². The highest BCUT2D eigenvalue weighted by Gasteiger charge is 2.14. The number of carbonyl (C=O) groups excluding carboxylic acids is 1. The number of amides is 1. The highest BCUT2D eigenvalue weighted by molar-refractivity contribution is 9.10. The summed E-state index contributed by atoms with van der Waals surface area (Å²) in [5, 5.41) is 22.7. The van der Waals surface area contributed by atoms with Crippen LogP contribution in [0.5, 0.6) is 5.75 Å². The number of anilines is 1. The zero-order valence-electron chi connectivity index (χ0n) is 16.4.